The number of rotatable bonds is 5. The van der Waals surface area contributed by atoms with Crippen molar-refractivity contribution in [3.05, 3.63) is 18.2 Å². The normalized spacial score (nSPS) is 30.6. The summed E-state index contributed by atoms with van der Waals surface area (Å²) < 4.78 is 13.8. The van der Waals surface area contributed by atoms with Crippen LogP contribution in [0.3, 0.4) is 0 Å². The minimum absolute atomic E-state index is 0.296. The lowest BCUT2D eigenvalue weighted by molar-refractivity contribution is -0.0987. The Morgan fingerprint density at radius 3 is 3.05 bits per heavy atom. The lowest BCUT2D eigenvalue weighted by Gasteiger charge is -2.35. The van der Waals surface area contributed by atoms with Crippen LogP contribution in [0.25, 0.3) is 0 Å². The van der Waals surface area contributed by atoms with Crippen LogP contribution in [0.2, 0.25) is 0 Å². The molecule has 3 heterocycles. The van der Waals surface area contributed by atoms with Crippen molar-refractivity contribution in [3.8, 4) is 0 Å². The SMILES string of the molecule is CCOC[C@@H]1CC[C@H]2[C@H](CCN2Cc2nccn2C)O1. The zero-order valence-corrected chi connectivity index (χ0v) is 12.5. The van der Waals surface area contributed by atoms with Crippen molar-refractivity contribution < 1.29 is 9.47 Å². The summed E-state index contributed by atoms with van der Waals surface area (Å²) in [5.41, 5.74) is 0. The zero-order valence-electron chi connectivity index (χ0n) is 12.5. The molecule has 0 aromatic carbocycles. The van der Waals surface area contributed by atoms with Crippen molar-refractivity contribution in [2.24, 2.45) is 7.05 Å². The molecule has 0 amide bonds. The molecular weight excluding hydrogens is 254 g/mol. The number of nitrogens with zero attached hydrogens (tertiary/aromatic N) is 3. The summed E-state index contributed by atoms with van der Waals surface area (Å²) in [4.78, 5) is 6.96. The molecule has 3 rings (SSSR count). The van der Waals surface area contributed by atoms with Crippen LogP contribution in [0, 0.1) is 0 Å². The Morgan fingerprint density at radius 1 is 1.40 bits per heavy atom. The van der Waals surface area contributed by atoms with Gasteiger partial charge in [-0.1, -0.05) is 0 Å². The number of likely N-dealkylation sites (tertiary alicyclic amines) is 1. The zero-order chi connectivity index (χ0) is 13.9. The first-order valence-corrected chi connectivity index (χ1v) is 7.71. The van der Waals surface area contributed by atoms with E-state index in [2.05, 4.69) is 21.5 Å². The van der Waals surface area contributed by atoms with E-state index in [9.17, 15) is 0 Å². The topological polar surface area (TPSA) is 39.5 Å². The minimum atomic E-state index is 0.296. The molecule has 0 N–H and O–H groups in total. The molecule has 5 heteroatoms. The predicted octanol–water partition coefficient (Wildman–Crippen LogP) is 1.58. The summed E-state index contributed by atoms with van der Waals surface area (Å²) in [5.74, 6) is 1.14. The first kappa shape index (κ1) is 14.0. The molecule has 2 aliphatic heterocycles. The largest absolute Gasteiger partial charge is 0.379 e. The monoisotopic (exact) mass is 279 g/mol. The summed E-state index contributed by atoms with van der Waals surface area (Å²) in [6.07, 6.45) is 8.03. The average molecular weight is 279 g/mol. The van der Waals surface area contributed by atoms with E-state index in [0.29, 0.717) is 18.2 Å². The van der Waals surface area contributed by atoms with E-state index in [1.807, 2.05) is 19.3 Å². The summed E-state index contributed by atoms with van der Waals surface area (Å²) >= 11 is 0. The van der Waals surface area contributed by atoms with Crippen molar-refractivity contribution in [2.75, 3.05) is 19.8 Å². The Bertz CT molecular complexity index is 435. The molecule has 112 valence electrons. The second-order valence-corrected chi connectivity index (χ2v) is 5.81. The number of aryl methyl sites for hydroxylation is 1. The van der Waals surface area contributed by atoms with Gasteiger partial charge in [-0.15, -0.1) is 0 Å². The van der Waals surface area contributed by atoms with E-state index in [0.717, 1.165) is 45.0 Å². The van der Waals surface area contributed by atoms with Crippen LogP contribution in [0.5, 0.6) is 0 Å². The quantitative estimate of drug-likeness (QED) is 0.820. The number of hydrogen-bond donors (Lipinski definition) is 0. The Balaban J connectivity index is 1.56. The number of ether oxygens (including phenoxy) is 2. The van der Waals surface area contributed by atoms with Gasteiger partial charge >= 0.3 is 0 Å². The first-order valence-electron chi connectivity index (χ1n) is 7.71. The van der Waals surface area contributed by atoms with Gasteiger partial charge in [-0.3, -0.25) is 4.90 Å². The van der Waals surface area contributed by atoms with Crippen LogP contribution >= 0.6 is 0 Å². The van der Waals surface area contributed by atoms with Gasteiger partial charge in [0.25, 0.3) is 0 Å². The Morgan fingerprint density at radius 2 is 2.30 bits per heavy atom. The summed E-state index contributed by atoms with van der Waals surface area (Å²) in [6, 6.07) is 0.560. The molecule has 1 aromatic rings. The summed E-state index contributed by atoms with van der Waals surface area (Å²) in [6.45, 7) is 5.61. The smallest absolute Gasteiger partial charge is 0.122 e. The molecule has 0 spiro atoms. The maximum absolute atomic E-state index is 6.20. The number of hydrogen-bond acceptors (Lipinski definition) is 4. The van der Waals surface area contributed by atoms with Gasteiger partial charge in [0.05, 0.1) is 25.4 Å². The molecule has 2 aliphatic rings. The average Bonchev–Trinajstić information content (AvgIpc) is 3.04. The third-order valence-corrected chi connectivity index (χ3v) is 4.52. The maximum Gasteiger partial charge on any atom is 0.122 e. The molecule has 0 unspecified atom stereocenters. The van der Waals surface area contributed by atoms with Gasteiger partial charge in [-0.2, -0.15) is 0 Å². The van der Waals surface area contributed by atoms with Crippen molar-refractivity contribution in [3.63, 3.8) is 0 Å². The van der Waals surface area contributed by atoms with Crippen LogP contribution in [0.15, 0.2) is 12.4 Å². The fraction of sp³-hybridized carbons (Fsp3) is 0.800. The summed E-state index contributed by atoms with van der Waals surface area (Å²) in [5, 5.41) is 0. The molecule has 2 fully saturated rings. The van der Waals surface area contributed by atoms with Crippen LogP contribution in [-0.4, -0.2) is 52.5 Å². The van der Waals surface area contributed by atoms with Gasteiger partial charge in [0.15, 0.2) is 0 Å². The van der Waals surface area contributed by atoms with Gasteiger partial charge < -0.3 is 14.0 Å². The van der Waals surface area contributed by atoms with Gasteiger partial charge in [-0.25, -0.2) is 4.98 Å². The summed E-state index contributed by atoms with van der Waals surface area (Å²) in [7, 11) is 2.06. The van der Waals surface area contributed by atoms with Gasteiger partial charge in [0.2, 0.25) is 0 Å². The van der Waals surface area contributed by atoms with Gasteiger partial charge in [-0.05, 0) is 26.2 Å². The Labute approximate surface area is 120 Å². The third kappa shape index (κ3) is 2.90. The maximum atomic E-state index is 6.20. The van der Waals surface area contributed by atoms with Gasteiger partial charge in [0, 0.05) is 38.6 Å². The minimum Gasteiger partial charge on any atom is -0.379 e. The fourth-order valence-electron chi connectivity index (χ4n) is 3.38. The Hall–Kier alpha value is -0.910. The molecule has 5 nitrogen and oxygen atoms in total. The van der Waals surface area contributed by atoms with Gasteiger partial charge in [0.1, 0.15) is 5.82 Å². The molecule has 20 heavy (non-hydrogen) atoms. The molecule has 3 atom stereocenters. The van der Waals surface area contributed by atoms with Crippen molar-refractivity contribution in [1.29, 1.82) is 0 Å². The second-order valence-electron chi connectivity index (χ2n) is 5.81. The van der Waals surface area contributed by atoms with E-state index in [1.54, 1.807) is 0 Å². The van der Waals surface area contributed by atoms with E-state index in [4.69, 9.17) is 9.47 Å². The molecular formula is C15H25N3O2. The number of aromatic nitrogens is 2. The first-order chi connectivity index (χ1) is 9.78. The molecule has 2 saturated heterocycles. The van der Waals surface area contributed by atoms with E-state index >= 15 is 0 Å². The lowest BCUT2D eigenvalue weighted by atomic mass is 9.99. The van der Waals surface area contributed by atoms with E-state index in [-0.39, 0.29) is 0 Å². The third-order valence-electron chi connectivity index (χ3n) is 4.52. The highest BCUT2D eigenvalue weighted by Crippen LogP contribution is 2.32. The van der Waals surface area contributed by atoms with Crippen LogP contribution in [0.1, 0.15) is 32.0 Å². The highest BCUT2D eigenvalue weighted by Gasteiger charge is 2.39. The second kappa shape index (κ2) is 6.24. The van der Waals surface area contributed by atoms with Crippen molar-refractivity contribution in [2.45, 2.75) is 51.0 Å². The van der Waals surface area contributed by atoms with Crippen molar-refractivity contribution in [1.82, 2.24) is 14.5 Å². The molecule has 0 saturated carbocycles. The molecule has 0 aliphatic carbocycles. The number of imidazole rings is 1. The van der Waals surface area contributed by atoms with Crippen LogP contribution < -0.4 is 0 Å². The lowest BCUT2D eigenvalue weighted by Crippen LogP contribution is -2.43. The standard InChI is InChI=1S/C15H25N3O2/c1-3-19-11-12-4-5-13-14(20-12)6-8-18(13)10-15-16-7-9-17(15)2/h7,9,12-14H,3-6,8,10-11H2,1-2H3/t12-,13-,14-/m0/s1. The molecule has 0 radical (unpaired) electrons. The predicted molar refractivity (Wildman–Crippen MR) is 76.4 cm³/mol. The van der Waals surface area contributed by atoms with Crippen molar-refractivity contribution >= 4 is 0 Å². The highest BCUT2D eigenvalue weighted by molar-refractivity contribution is 4.97. The highest BCUT2D eigenvalue weighted by atomic mass is 16.5. The molecule has 0 bridgehead atoms. The van der Waals surface area contributed by atoms with E-state index in [1.165, 1.54) is 6.42 Å². The van der Waals surface area contributed by atoms with Crippen LogP contribution in [-0.2, 0) is 23.1 Å². The Kier molecular flexibility index (Phi) is 4.38. The molecule has 1 aromatic heterocycles. The van der Waals surface area contributed by atoms with Crippen LogP contribution in [0.4, 0.5) is 0 Å². The number of fused-ring (bicyclic) bond motifs is 1. The fourth-order valence-corrected chi connectivity index (χ4v) is 3.38. The van der Waals surface area contributed by atoms with E-state index < -0.39 is 0 Å².